The molecule has 2 aromatic rings. The first-order chi connectivity index (χ1) is 12.4. The Morgan fingerprint density at radius 1 is 1.04 bits per heavy atom. The second-order valence-corrected chi connectivity index (χ2v) is 7.72. The standard InChI is InChI=1S/C21H25NO3S/c1-14(2)20(26-13-19(24)17-7-5-4-6-8-17)21(25)22-18-11-9-16(10-12-18)15(3)23/h4-12,14,19-20,24H,13H2,1-3H3,(H,22,25). The highest BCUT2D eigenvalue weighted by molar-refractivity contribution is 8.00. The molecule has 0 aliphatic carbocycles. The zero-order valence-corrected chi connectivity index (χ0v) is 16.1. The molecule has 2 aromatic carbocycles. The Hall–Kier alpha value is -2.11. The summed E-state index contributed by atoms with van der Waals surface area (Å²) in [4.78, 5) is 24.0. The van der Waals surface area contributed by atoms with Crippen molar-refractivity contribution < 1.29 is 14.7 Å². The zero-order chi connectivity index (χ0) is 19.1. The number of aliphatic hydroxyl groups is 1. The largest absolute Gasteiger partial charge is 0.388 e. The van der Waals surface area contributed by atoms with Gasteiger partial charge in [-0.25, -0.2) is 0 Å². The fourth-order valence-corrected chi connectivity index (χ4v) is 3.72. The summed E-state index contributed by atoms with van der Waals surface area (Å²) < 4.78 is 0. The lowest BCUT2D eigenvalue weighted by atomic mass is 10.1. The van der Waals surface area contributed by atoms with E-state index in [-0.39, 0.29) is 22.9 Å². The molecule has 2 atom stereocenters. The number of nitrogens with one attached hydrogen (secondary N) is 1. The molecule has 0 aromatic heterocycles. The highest BCUT2D eigenvalue weighted by atomic mass is 32.2. The summed E-state index contributed by atoms with van der Waals surface area (Å²) in [5, 5.41) is 12.9. The summed E-state index contributed by atoms with van der Waals surface area (Å²) >= 11 is 1.45. The Morgan fingerprint density at radius 2 is 1.65 bits per heavy atom. The predicted octanol–water partition coefficient (Wildman–Crippen LogP) is 4.32. The molecule has 26 heavy (non-hydrogen) atoms. The average molecular weight is 372 g/mol. The van der Waals surface area contributed by atoms with Crippen LogP contribution in [0.3, 0.4) is 0 Å². The van der Waals surface area contributed by atoms with E-state index < -0.39 is 6.10 Å². The van der Waals surface area contributed by atoms with Gasteiger partial charge in [-0.3, -0.25) is 9.59 Å². The van der Waals surface area contributed by atoms with Gasteiger partial charge >= 0.3 is 0 Å². The molecule has 0 aliphatic rings. The molecule has 1 amide bonds. The minimum Gasteiger partial charge on any atom is -0.388 e. The van der Waals surface area contributed by atoms with Gasteiger partial charge < -0.3 is 10.4 Å². The molecule has 138 valence electrons. The number of rotatable bonds is 8. The van der Waals surface area contributed by atoms with Crippen LogP contribution in [0.5, 0.6) is 0 Å². The molecule has 0 saturated carbocycles. The first kappa shape index (κ1) is 20.2. The molecule has 4 nitrogen and oxygen atoms in total. The molecule has 2 rings (SSSR count). The Bertz CT molecular complexity index is 729. The highest BCUT2D eigenvalue weighted by Crippen LogP contribution is 2.26. The lowest BCUT2D eigenvalue weighted by molar-refractivity contribution is -0.116. The third-order valence-corrected chi connectivity index (χ3v) is 5.67. The number of carbonyl (C=O) groups is 2. The number of carbonyl (C=O) groups excluding carboxylic acids is 2. The number of aliphatic hydroxyl groups excluding tert-OH is 1. The second kappa shape index (κ2) is 9.55. The smallest absolute Gasteiger partial charge is 0.237 e. The van der Waals surface area contributed by atoms with Gasteiger partial charge in [0.25, 0.3) is 0 Å². The van der Waals surface area contributed by atoms with E-state index in [0.717, 1.165) is 5.56 Å². The summed E-state index contributed by atoms with van der Waals surface area (Å²) in [5.74, 6) is 0.470. The number of thioether (sulfide) groups is 1. The number of benzene rings is 2. The third-order valence-electron chi connectivity index (χ3n) is 4.04. The van der Waals surface area contributed by atoms with Crippen LogP contribution in [0.4, 0.5) is 5.69 Å². The minimum atomic E-state index is -0.606. The van der Waals surface area contributed by atoms with Crippen LogP contribution in [-0.2, 0) is 4.79 Å². The molecule has 0 fully saturated rings. The van der Waals surface area contributed by atoms with Gasteiger partial charge in [0.2, 0.25) is 5.91 Å². The van der Waals surface area contributed by atoms with Crippen molar-refractivity contribution in [2.45, 2.75) is 32.1 Å². The molecule has 0 bridgehead atoms. The number of hydrogen-bond acceptors (Lipinski definition) is 4. The third kappa shape index (κ3) is 5.71. The SMILES string of the molecule is CC(=O)c1ccc(NC(=O)C(SCC(O)c2ccccc2)C(C)C)cc1. The van der Waals surface area contributed by atoms with Crippen molar-refractivity contribution >= 4 is 29.1 Å². The molecular weight excluding hydrogens is 346 g/mol. The van der Waals surface area contributed by atoms with Gasteiger partial charge in [-0.15, -0.1) is 11.8 Å². The maximum absolute atomic E-state index is 12.6. The maximum atomic E-state index is 12.6. The molecule has 0 spiro atoms. The van der Waals surface area contributed by atoms with E-state index in [2.05, 4.69) is 5.32 Å². The summed E-state index contributed by atoms with van der Waals surface area (Å²) in [5.41, 5.74) is 2.13. The molecule has 5 heteroatoms. The molecule has 0 aliphatic heterocycles. The minimum absolute atomic E-state index is 0.00612. The van der Waals surface area contributed by atoms with E-state index in [9.17, 15) is 14.7 Å². The van der Waals surface area contributed by atoms with Gasteiger partial charge in [-0.05, 0) is 42.7 Å². The van der Waals surface area contributed by atoms with Crippen LogP contribution in [0.1, 0.15) is 42.8 Å². The number of ketones is 1. The predicted molar refractivity (Wildman–Crippen MR) is 108 cm³/mol. The summed E-state index contributed by atoms with van der Waals surface area (Å²) in [6.45, 7) is 5.49. The molecule has 0 heterocycles. The van der Waals surface area contributed by atoms with E-state index in [0.29, 0.717) is 17.0 Å². The highest BCUT2D eigenvalue weighted by Gasteiger charge is 2.24. The molecule has 0 radical (unpaired) electrons. The Labute approximate surface area is 159 Å². The number of Topliss-reactive ketones (excluding diaryl/α,β-unsaturated/α-hetero) is 1. The normalized spacial score (nSPS) is 13.3. The molecule has 2 unspecified atom stereocenters. The first-order valence-corrected chi connectivity index (χ1v) is 9.70. The quantitative estimate of drug-likeness (QED) is 0.678. The second-order valence-electron chi connectivity index (χ2n) is 6.55. The van der Waals surface area contributed by atoms with E-state index in [1.165, 1.54) is 18.7 Å². The van der Waals surface area contributed by atoms with Crippen LogP contribution in [0.2, 0.25) is 0 Å². The Balaban J connectivity index is 1.97. The number of amides is 1. The van der Waals surface area contributed by atoms with Gasteiger partial charge in [0, 0.05) is 17.0 Å². The van der Waals surface area contributed by atoms with Gasteiger partial charge in [0.05, 0.1) is 11.4 Å². The molecular formula is C21H25NO3S. The van der Waals surface area contributed by atoms with Gasteiger partial charge in [-0.1, -0.05) is 44.2 Å². The van der Waals surface area contributed by atoms with Crippen molar-refractivity contribution in [2.75, 3.05) is 11.1 Å². The van der Waals surface area contributed by atoms with Crippen molar-refractivity contribution in [3.05, 3.63) is 65.7 Å². The van der Waals surface area contributed by atoms with Crippen LogP contribution in [0.25, 0.3) is 0 Å². The Morgan fingerprint density at radius 3 is 2.19 bits per heavy atom. The van der Waals surface area contributed by atoms with Gasteiger partial charge in [0.1, 0.15) is 0 Å². The molecule has 0 saturated heterocycles. The fraction of sp³-hybridized carbons (Fsp3) is 0.333. The number of hydrogen-bond donors (Lipinski definition) is 2. The average Bonchev–Trinajstić information content (AvgIpc) is 2.62. The fourth-order valence-electron chi connectivity index (χ4n) is 2.54. The van der Waals surface area contributed by atoms with Crippen LogP contribution in [0.15, 0.2) is 54.6 Å². The van der Waals surface area contributed by atoms with Crippen molar-refractivity contribution in [1.29, 1.82) is 0 Å². The first-order valence-electron chi connectivity index (χ1n) is 8.65. The number of anilines is 1. The Kier molecular flexibility index (Phi) is 7.42. The van der Waals surface area contributed by atoms with E-state index >= 15 is 0 Å². The van der Waals surface area contributed by atoms with Gasteiger partial charge in [-0.2, -0.15) is 0 Å². The summed E-state index contributed by atoms with van der Waals surface area (Å²) in [7, 11) is 0. The van der Waals surface area contributed by atoms with E-state index in [1.807, 2.05) is 44.2 Å². The van der Waals surface area contributed by atoms with Crippen molar-refractivity contribution in [3.63, 3.8) is 0 Å². The summed E-state index contributed by atoms with van der Waals surface area (Å²) in [6, 6.07) is 16.3. The van der Waals surface area contributed by atoms with Crippen molar-refractivity contribution in [3.8, 4) is 0 Å². The van der Waals surface area contributed by atoms with Crippen molar-refractivity contribution in [1.82, 2.24) is 0 Å². The maximum Gasteiger partial charge on any atom is 0.237 e. The zero-order valence-electron chi connectivity index (χ0n) is 15.3. The van der Waals surface area contributed by atoms with Crippen LogP contribution in [0, 0.1) is 5.92 Å². The van der Waals surface area contributed by atoms with Crippen LogP contribution < -0.4 is 5.32 Å². The monoisotopic (exact) mass is 371 g/mol. The topological polar surface area (TPSA) is 66.4 Å². The van der Waals surface area contributed by atoms with Crippen LogP contribution >= 0.6 is 11.8 Å². The summed E-state index contributed by atoms with van der Waals surface area (Å²) in [6.07, 6.45) is -0.606. The molecule has 2 N–H and O–H groups in total. The van der Waals surface area contributed by atoms with Gasteiger partial charge in [0.15, 0.2) is 5.78 Å². The lowest BCUT2D eigenvalue weighted by Gasteiger charge is -2.21. The van der Waals surface area contributed by atoms with E-state index in [4.69, 9.17) is 0 Å². The van der Waals surface area contributed by atoms with Crippen LogP contribution in [-0.4, -0.2) is 27.8 Å². The van der Waals surface area contributed by atoms with E-state index in [1.54, 1.807) is 24.3 Å². The lowest BCUT2D eigenvalue weighted by Crippen LogP contribution is -2.30. The van der Waals surface area contributed by atoms with Crippen molar-refractivity contribution in [2.24, 2.45) is 5.92 Å².